The normalized spacial score (nSPS) is 17.8. The molecule has 1 atom stereocenters. The SMILES string of the molecule is CC(=Cc1ccccc1)C1C=Cc2ccccc21. The summed E-state index contributed by atoms with van der Waals surface area (Å²) in [7, 11) is 0. The molecule has 2 aromatic rings. The Hall–Kier alpha value is -2.08. The summed E-state index contributed by atoms with van der Waals surface area (Å²) in [5.74, 6) is 0.432. The van der Waals surface area contributed by atoms with Crippen molar-refractivity contribution in [3.05, 3.63) is 82.9 Å². The molecule has 88 valence electrons. The molecule has 0 aromatic heterocycles. The summed E-state index contributed by atoms with van der Waals surface area (Å²) in [6, 6.07) is 19.1. The van der Waals surface area contributed by atoms with E-state index in [1.54, 1.807) is 0 Å². The van der Waals surface area contributed by atoms with Crippen molar-refractivity contribution in [1.82, 2.24) is 0 Å². The van der Waals surface area contributed by atoms with Gasteiger partial charge in [0.2, 0.25) is 0 Å². The largest absolute Gasteiger partial charge is 0.0724 e. The molecule has 3 rings (SSSR count). The van der Waals surface area contributed by atoms with Gasteiger partial charge in [0, 0.05) is 5.92 Å². The van der Waals surface area contributed by atoms with Crippen molar-refractivity contribution in [1.29, 1.82) is 0 Å². The molecular weight excluding hydrogens is 216 g/mol. The van der Waals surface area contributed by atoms with Crippen LogP contribution in [0.1, 0.15) is 29.5 Å². The highest BCUT2D eigenvalue weighted by atomic mass is 14.2. The van der Waals surface area contributed by atoms with Crippen molar-refractivity contribution in [2.45, 2.75) is 12.8 Å². The molecule has 0 heterocycles. The molecule has 18 heavy (non-hydrogen) atoms. The molecule has 0 heteroatoms. The van der Waals surface area contributed by atoms with Crippen LogP contribution in [0.2, 0.25) is 0 Å². The predicted octanol–water partition coefficient (Wildman–Crippen LogP) is 4.90. The summed E-state index contributed by atoms with van der Waals surface area (Å²) in [5.41, 5.74) is 5.43. The van der Waals surface area contributed by atoms with Crippen molar-refractivity contribution in [3.63, 3.8) is 0 Å². The zero-order chi connectivity index (χ0) is 12.4. The molecule has 1 unspecified atom stereocenters. The molecule has 0 N–H and O–H groups in total. The van der Waals surface area contributed by atoms with E-state index in [-0.39, 0.29) is 0 Å². The van der Waals surface area contributed by atoms with Crippen LogP contribution in [0.15, 0.2) is 66.2 Å². The summed E-state index contributed by atoms with van der Waals surface area (Å²) in [6.45, 7) is 2.21. The van der Waals surface area contributed by atoms with E-state index in [1.165, 1.54) is 22.3 Å². The quantitative estimate of drug-likeness (QED) is 0.690. The summed E-state index contributed by atoms with van der Waals surface area (Å²) in [4.78, 5) is 0. The molecule has 1 aliphatic rings. The lowest BCUT2D eigenvalue weighted by molar-refractivity contribution is 1.02. The fourth-order valence-electron chi connectivity index (χ4n) is 2.55. The van der Waals surface area contributed by atoms with Crippen molar-refractivity contribution in [3.8, 4) is 0 Å². The lowest BCUT2D eigenvalue weighted by atomic mass is 9.92. The first kappa shape index (κ1) is 11.0. The van der Waals surface area contributed by atoms with E-state index in [0.717, 1.165) is 0 Å². The third kappa shape index (κ3) is 2.02. The zero-order valence-corrected chi connectivity index (χ0v) is 10.5. The second-order valence-corrected chi connectivity index (χ2v) is 4.76. The molecule has 0 amide bonds. The van der Waals surface area contributed by atoms with Crippen molar-refractivity contribution >= 4 is 12.2 Å². The number of allylic oxidation sites excluding steroid dienone is 2. The molecular formula is C18H16. The molecule has 0 spiro atoms. The molecule has 0 saturated carbocycles. The van der Waals surface area contributed by atoms with Gasteiger partial charge in [0.25, 0.3) is 0 Å². The molecule has 0 saturated heterocycles. The third-order valence-electron chi connectivity index (χ3n) is 3.48. The number of fused-ring (bicyclic) bond motifs is 1. The lowest BCUT2D eigenvalue weighted by Gasteiger charge is -2.11. The highest BCUT2D eigenvalue weighted by Crippen LogP contribution is 2.35. The van der Waals surface area contributed by atoms with E-state index in [9.17, 15) is 0 Å². The number of hydrogen-bond donors (Lipinski definition) is 0. The van der Waals surface area contributed by atoms with Gasteiger partial charge in [0.15, 0.2) is 0 Å². The minimum absolute atomic E-state index is 0.432. The monoisotopic (exact) mass is 232 g/mol. The Kier molecular flexibility index (Phi) is 2.85. The molecule has 0 nitrogen and oxygen atoms in total. The first-order valence-corrected chi connectivity index (χ1v) is 6.35. The van der Waals surface area contributed by atoms with Gasteiger partial charge in [-0.05, 0) is 23.6 Å². The van der Waals surface area contributed by atoms with Gasteiger partial charge in [-0.3, -0.25) is 0 Å². The zero-order valence-electron chi connectivity index (χ0n) is 10.5. The van der Waals surface area contributed by atoms with Crippen molar-refractivity contribution < 1.29 is 0 Å². The van der Waals surface area contributed by atoms with E-state index in [2.05, 4.69) is 79.7 Å². The maximum Gasteiger partial charge on any atom is 0.0238 e. The first-order chi connectivity index (χ1) is 8.84. The molecule has 0 aliphatic heterocycles. The van der Waals surface area contributed by atoms with Gasteiger partial charge in [-0.1, -0.05) is 78.4 Å². The summed E-state index contributed by atoms with van der Waals surface area (Å²) >= 11 is 0. The van der Waals surface area contributed by atoms with Crippen LogP contribution < -0.4 is 0 Å². The average Bonchev–Trinajstić information content (AvgIpc) is 2.84. The van der Waals surface area contributed by atoms with Crippen LogP contribution in [0, 0.1) is 0 Å². The summed E-state index contributed by atoms with van der Waals surface area (Å²) < 4.78 is 0. The third-order valence-corrected chi connectivity index (χ3v) is 3.48. The Morgan fingerprint density at radius 3 is 2.50 bits per heavy atom. The Morgan fingerprint density at radius 1 is 0.944 bits per heavy atom. The second-order valence-electron chi connectivity index (χ2n) is 4.76. The van der Waals surface area contributed by atoms with Crippen LogP contribution in [-0.4, -0.2) is 0 Å². The van der Waals surface area contributed by atoms with Gasteiger partial charge < -0.3 is 0 Å². The van der Waals surface area contributed by atoms with E-state index in [1.807, 2.05) is 0 Å². The standard InChI is InChI=1S/C18H16/c1-14(13-15-7-3-2-4-8-15)17-12-11-16-9-5-6-10-18(16)17/h2-13,17H,1H3. The highest BCUT2D eigenvalue weighted by Gasteiger charge is 2.17. The molecule has 2 aromatic carbocycles. The highest BCUT2D eigenvalue weighted by molar-refractivity contribution is 5.67. The van der Waals surface area contributed by atoms with Crippen LogP contribution >= 0.6 is 0 Å². The van der Waals surface area contributed by atoms with Crippen LogP contribution in [0.3, 0.4) is 0 Å². The van der Waals surface area contributed by atoms with Crippen LogP contribution in [0.25, 0.3) is 12.2 Å². The van der Waals surface area contributed by atoms with E-state index in [0.29, 0.717) is 5.92 Å². The summed E-state index contributed by atoms with van der Waals surface area (Å²) in [6.07, 6.45) is 6.79. The lowest BCUT2D eigenvalue weighted by Crippen LogP contribution is -1.94. The van der Waals surface area contributed by atoms with E-state index >= 15 is 0 Å². The average molecular weight is 232 g/mol. The second kappa shape index (κ2) is 4.66. The molecule has 0 fully saturated rings. The van der Waals surface area contributed by atoms with E-state index in [4.69, 9.17) is 0 Å². The smallest absolute Gasteiger partial charge is 0.0238 e. The van der Waals surface area contributed by atoms with Crippen LogP contribution in [0.4, 0.5) is 0 Å². The Balaban J connectivity index is 1.94. The van der Waals surface area contributed by atoms with Crippen molar-refractivity contribution in [2.24, 2.45) is 0 Å². The van der Waals surface area contributed by atoms with E-state index < -0.39 is 0 Å². The topological polar surface area (TPSA) is 0 Å². The van der Waals surface area contributed by atoms with Crippen LogP contribution in [0.5, 0.6) is 0 Å². The van der Waals surface area contributed by atoms with Gasteiger partial charge in [0.05, 0.1) is 0 Å². The maximum absolute atomic E-state index is 2.29. The van der Waals surface area contributed by atoms with Gasteiger partial charge in [-0.25, -0.2) is 0 Å². The Bertz CT molecular complexity index is 603. The minimum atomic E-state index is 0.432. The van der Waals surface area contributed by atoms with Gasteiger partial charge in [-0.2, -0.15) is 0 Å². The van der Waals surface area contributed by atoms with Crippen LogP contribution in [-0.2, 0) is 0 Å². The van der Waals surface area contributed by atoms with Gasteiger partial charge >= 0.3 is 0 Å². The fourth-order valence-corrected chi connectivity index (χ4v) is 2.55. The fraction of sp³-hybridized carbons (Fsp3) is 0.111. The first-order valence-electron chi connectivity index (χ1n) is 6.35. The minimum Gasteiger partial charge on any atom is -0.0724 e. The number of rotatable bonds is 2. The van der Waals surface area contributed by atoms with Crippen molar-refractivity contribution in [2.75, 3.05) is 0 Å². The predicted molar refractivity (Wildman–Crippen MR) is 78.3 cm³/mol. The Labute approximate surface area is 108 Å². The van der Waals surface area contributed by atoms with Gasteiger partial charge in [0.1, 0.15) is 0 Å². The summed E-state index contributed by atoms with van der Waals surface area (Å²) in [5, 5.41) is 0. The number of benzene rings is 2. The molecule has 0 radical (unpaired) electrons. The Morgan fingerprint density at radius 2 is 1.67 bits per heavy atom. The molecule has 0 bridgehead atoms. The number of hydrogen-bond acceptors (Lipinski definition) is 0. The van der Waals surface area contributed by atoms with Gasteiger partial charge in [-0.15, -0.1) is 0 Å². The maximum atomic E-state index is 2.29. The molecule has 1 aliphatic carbocycles.